The highest BCUT2D eigenvalue weighted by atomic mass is 16.3. The quantitative estimate of drug-likeness (QED) is 0.653. The molecule has 1 heterocycles. The van der Waals surface area contributed by atoms with Crippen molar-refractivity contribution in [3.63, 3.8) is 0 Å². The predicted octanol–water partition coefficient (Wildman–Crippen LogP) is 4.48. The Kier molecular flexibility index (Phi) is 3.15. The summed E-state index contributed by atoms with van der Waals surface area (Å²) in [6, 6.07) is 15.8. The van der Waals surface area contributed by atoms with Crippen LogP contribution in [0.5, 0.6) is 0 Å². The highest BCUT2D eigenvalue weighted by molar-refractivity contribution is 5.99. The van der Waals surface area contributed by atoms with Gasteiger partial charge in [-0.15, -0.1) is 0 Å². The minimum atomic E-state index is 0.0180. The summed E-state index contributed by atoms with van der Waals surface area (Å²) in [5.74, 6) is 0.458. The van der Waals surface area contributed by atoms with Gasteiger partial charge in [0.25, 0.3) is 0 Å². The van der Waals surface area contributed by atoms with E-state index in [0.29, 0.717) is 12.2 Å². The Morgan fingerprint density at radius 1 is 1.05 bits per heavy atom. The third-order valence-corrected chi connectivity index (χ3v) is 3.50. The van der Waals surface area contributed by atoms with Gasteiger partial charge in [-0.1, -0.05) is 48.0 Å². The Labute approximate surface area is 118 Å². The number of aryl methyl sites for hydroxylation is 2. The molecule has 3 rings (SSSR count). The van der Waals surface area contributed by atoms with Crippen molar-refractivity contribution in [1.82, 2.24) is 0 Å². The first-order chi connectivity index (χ1) is 9.63. The average molecular weight is 264 g/mol. The average Bonchev–Trinajstić information content (AvgIpc) is 2.87. The van der Waals surface area contributed by atoms with Crippen LogP contribution in [0.2, 0.25) is 0 Å². The Morgan fingerprint density at radius 2 is 1.80 bits per heavy atom. The van der Waals surface area contributed by atoms with Crippen LogP contribution in [-0.2, 0) is 6.42 Å². The number of ketones is 1. The smallest absolute Gasteiger partial charge is 0.202 e. The van der Waals surface area contributed by atoms with Crippen molar-refractivity contribution in [3.05, 3.63) is 71.0 Å². The van der Waals surface area contributed by atoms with Crippen molar-refractivity contribution >= 4 is 16.8 Å². The molecule has 0 N–H and O–H groups in total. The molecule has 100 valence electrons. The molecule has 0 unspecified atom stereocenters. The van der Waals surface area contributed by atoms with Crippen LogP contribution in [0.4, 0.5) is 0 Å². The monoisotopic (exact) mass is 264 g/mol. The van der Waals surface area contributed by atoms with Crippen molar-refractivity contribution in [2.75, 3.05) is 0 Å². The molecule has 2 heteroatoms. The maximum atomic E-state index is 12.3. The van der Waals surface area contributed by atoms with Crippen LogP contribution in [-0.4, -0.2) is 5.78 Å². The first kappa shape index (κ1) is 12.7. The molecule has 0 saturated carbocycles. The largest absolute Gasteiger partial charge is 0.453 e. The van der Waals surface area contributed by atoms with Gasteiger partial charge in [0.05, 0.1) is 0 Å². The van der Waals surface area contributed by atoms with Crippen LogP contribution in [0, 0.1) is 13.8 Å². The summed E-state index contributed by atoms with van der Waals surface area (Å²) in [5.41, 5.74) is 4.06. The molecular formula is C18H16O2. The highest BCUT2D eigenvalue weighted by Gasteiger charge is 2.13. The first-order valence-corrected chi connectivity index (χ1v) is 6.71. The number of para-hydroxylation sites is 1. The van der Waals surface area contributed by atoms with Gasteiger partial charge in [-0.2, -0.15) is 0 Å². The molecule has 0 radical (unpaired) electrons. The lowest BCUT2D eigenvalue weighted by Gasteiger charge is -1.99. The molecule has 0 fully saturated rings. The van der Waals surface area contributed by atoms with Crippen LogP contribution in [0.1, 0.15) is 27.2 Å². The summed E-state index contributed by atoms with van der Waals surface area (Å²) in [6.45, 7) is 4.02. The lowest BCUT2D eigenvalue weighted by Crippen LogP contribution is -2.01. The maximum Gasteiger partial charge on any atom is 0.202 e. The van der Waals surface area contributed by atoms with Crippen LogP contribution in [0.15, 0.2) is 52.9 Å². The Morgan fingerprint density at radius 3 is 2.50 bits per heavy atom. The van der Waals surface area contributed by atoms with Crippen LogP contribution in [0.3, 0.4) is 0 Å². The predicted molar refractivity (Wildman–Crippen MR) is 80.2 cm³/mol. The normalized spacial score (nSPS) is 10.9. The van der Waals surface area contributed by atoms with Crippen molar-refractivity contribution in [3.8, 4) is 0 Å². The molecule has 0 atom stereocenters. The molecule has 0 aliphatic rings. The van der Waals surface area contributed by atoms with Crippen LogP contribution >= 0.6 is 0 Å². The number of hydrogen-bond donors (Lipinski definition) is 0. The van der Waals surface area contributed by atoms with Crippen LogP contribution in [0.25, 0.3) is 11.0 Å². The van der Waals surface area contributed by atoms with E-state index in [-0.39, 0.29) is 5.78 Å². The molecule has 3 aromatic rings. The molecule has 0 amide bonds. The summed E-state index contributed by atoms with van der Waals surface area (Å²) in [7, 11) is 0. The van der Waals surface area contributed by atoms with Crippen molar-refractivity contribution < 1.29 is 9.21 Å². The van der Waals surface area contributed by atoms with E-state index in [1.165, 1.54) is 5.56 Å². The van der Waals surface area contributed by atoms with Gasteiger partial charge >= 0.3 is 0 Å². The number of carbonyl (C=O) groups excluding carboxylic acids is 1. The van der Waals surface area contributed by atoms with Gasteiger partial charge in [-0.3, -0.25) is 4.79 Å². The van der Waals surface area contributed by atoms with Crippen molar-refractivity contribution in [2.24, 2.45) is 0 Å². The lowest BCUT2D eigenvalue weighted by molar-refractivity contribution is 0.0968. The fourth-order valence-electron chi connectivity index (χ4n) is 2.32. The topological polar surface area (TPSA) is 30.2 Å². The second kappa shape index (κ2) is 4.97. The number of Topliss-reactive ketones (excluding diaryl/α,β-unsaturated/α-hetero) is 1. The third-order valence-electron chi connectivity index (χ3n) is 3.50. The second-order valence-corrected chi connectivity index (χ2v) is 5.19. The van der Waals surface area contributed by atoms with Gasteiger partial charge < -0.3 is 4.42 Å². The van der Waals surface area contributed by atoms with Gasteiger partial charge in [0, 0.05) is 11.8 Å². The number of benzene rings is 2. The van der Waals surface area contributed by atoms with E-state index in [4.69, 9.17) is 4.42 Å². The van der Waals surface area contributed by atoms with E-state index in [2.05, 4.69) is 0 Å². The van der Waals surface area contributed by atoms with Gasteiger partial charge in [0.15, 0.2) is 5.76 Å². The zero-order chi connectivity index (χ0) is 14.1. The van der Waals surface area contributed by atoms with E-state index in [1.54, 1.807) is 0 Å². The van der Waals surface area contributed by atoms with Crippen LogP contribution < -0.4 is 0 Å². The number of fused-ring (bicyclic) bond motifs is 1. The summed E-state index contributed by atoms with van der Waals surface area (Å²) in [6.07, 6.45) is 0.374. The Balaban J connectivity index is 1.89. The summed E-state index contributed by atoms with van der Waals surface area (Å²) >= 11 is 0. The fourth-order valence-corrected chi connectivity index (χ4v) is 2.32. The van der Waals surface area contributed by atoms with Gasteiger partial charge in [-0.05, 0) is 31.0 Å². The van der Waals surface area contributed by atoms with Gasteiger partial charge in [0.2, 0.25) is 5.78 Å². The minimum Gasteiger partial charge on any atom is -0.453 e. The van der Waals surface area contributed by atoms with E-state index >= 15 is 0 Å². The number of carbonyl (C=O) groups is 1. The molecule has 0 aliphatic carbocycles. The zero-order valence-corrected chi connectivity index (χ0v) is 11.6. The number of furan rings is 1. The molecule has 2 aromatic carbocycles. The van der Waals surface area contributed by atoms with E-state index < -0.39 is 0 Å². The Hall–Kier alpha value is -2.35. The second-order valence-electron chi connectivity index (χ2n) is 5.19. The van der Waals surface area contributed by atoms with Gasteiger partial charge in [0.1, 0.15) is 5.58 Å². The van der Waals surface area contributed by atoms with E-state index in [9.17, 15) is 4.79 Å². The maximum absolute atomic E-state index is 12.3. The highest BCUT2D eigenvalue weighted by Crippen LogP contribution is 2.23. The van der Waals surface area contributed by atoms with E-state index in [0.717, 1.165) is 22.1 Å². The third kappa shape index (κ3) is 2.37. The van der Waals surface area contributed by atoms with Crippen molar-refractivity contribution in [1.29, 1.82) is 0 Å². The first-order valence-electron chi connectivity index (χ1n) is 6.71. The standard InChI is InChI=1S/C18H16O2/c1-12-6-8-14(9-7-12)10-16(19)17-11-15-5-3-4-13(2)18(15)20-17/h3-9,11H,10H2,1-2H3. The number of rotatable bonds is 3. The molecule has 20 heavy (non-hydrogen) atoms. The Bertz CT molecular complexity index is 764. The molecule has 0 spiro atoms. The molecule has 0 aliphatic heterocycles. The van der Waals surface area contributed by atoms with Crippen molar-refractivity contribution in [2.45, 2.75) is 20.3 Å². The summed E-state index contributed by atoms with van der Waals surface area (Å²) < 4.78 is 5.71. The number of hydrogen-bond acceptors (Lipinski definition) is 2. The zero-order valence-electron chi connectivity index (χ0n) is 11.6. The molecule has 0 saturated heterocycles. The van der Waals surface area contributed by atoms with E-state index in [1.807, 2.05) is 62.4 Å². The van der Waals surface area contributed by atoms with Gasteiger partial charge in [-0.25, -0.2) is 0 Å². The molecule has 0 bridgehead atoms. The summed E-state index contributed by atoms with van der Waals surface area (Å²) in [4.78, 5) is 12.3. The fraction of sp³-hybridized carbons (Fsp3) is 0.167. The molecular weight excluding hydrogens is 248 g/mol. The summed E-state index contributed by atoms with van der Waals surface area (Å²) in [5, 5.41) is 0.984. The SMILES string of the molecule is Cc1ccc(CC(=O)c2cc3cccc(C)c3o2)cc1. The lowest BCUT2D eigenvalue weighted by atomic mass is 10.1. The molecule has 1 aromatic heterocycles. The minimum absolute atomic E-state index is 0.0180. The molecule has 2 nitrogen and oxygen atoms in total.